The summed E-state index contributed by atoms with van der Waals surface area (Å²) in [7, 11) is 0. The van der Waals surface area contributed by atoms with Crippen molar-refractivity contribution in [1.82, 2.24) is 4.98 Å². The summed E-state index contributed by atoms with van der Waals surface area (Å²) < 4.78 is 41.1. The molecule has 3 nitrogen and oxygen atoms in total. The maximum atomic E-state index is 14.0. The van der Waals surface area contributed by atoms with Gasteiger partial charge in [-0.2, -0.15) is 0 Å². The lowest BCUT2D eigenvalue weighted by atomic mass is 10.1. The molecule has 102 valence electrons. The molecule has 0 saturated carbocycles. The number of alkyl halides is 2. The Kier molecular flexibility index (Phi) is 2.81. The van der Waals surface area contributed by atoms with Gasteiger partial charge in [0.05, 0.1) is 4.70 Å². The predicted octanol–water partition coefficient (Wildman–Crippen LogP) is 3.25. The lowest BCUT2D eigenvalue weighted by Crippen LogP contribution is -2.39. The van der Waals surface area contributed by atoms with Crippen molar-refractivity contribution in [3.8, 4) is 0 Å². The number of hydrogen-bond donors (Lipinski definition) is 1. The van der Waals surface area contributed by atoms with E-state index < -0.39 is 11.7 Å². The summed E-state index contributed by atoms with van der Waals surface area (Å²) in [6.07, 6.45) is -0.523. The van der Waals surface area contributed by atoms with E-state index in [2.05, 4.69) is 4.98 Å². The first kappa shape index (κ1) is 12.5. The molecule has 2 N–H and O–H groups in total. The maximum Gasteiger partial charge on any atom is 0.251 e. The number of piperidine rings is 1. The van der Waals surface area contributed by atoms with E-state index >= 15 is 0 Å². The lowest BCUT2D eigenvalue weighted by molar-refractivity contribution is -0.0221. The average molecular weight is 287 g/mol. The van der Waals surface area contributed by atoms with E-state index in [4.69, 9.17) is 5.73 Å². The molecule has 1 fully saturated rings. The molecule has 0 aliphatic carbocycles. The van der Waals surface area contributed by atoms with E-state index in [0.29, 0.717) is 16.3 Å². The number of nitrogens with zero attached hydrogens (tertiary/aromatic N) is 2. The van der Waals surface area contributed by atoms with Crippen LogP contribution < -0.4 is 10.6 Å². The highest BCUT2D eigenvalue weighted by Gasteiger charge is 2.35. The molecule has 1 aromatic carbocycles. The number of benzene rings is 1. The van der Waals surface area contributed by atoms with Gasteiger partial charge in [0.15, 0.2) is 5.13 Å². The minimum atomic E-state index is -2.65. The molecule has 2 heterocycles. The number of nitrogen functional groups attached to an aromatic ring is 1. The third-order valence-electron chi connectivity index (χ3n) is 3.31. The molecule has 1 aliphatic rings. The quantitative estimate of drug-likeness (QED) is 0.875. The van der Waals surface area contributed by atoms with Crippen LogP contribution in [-0.2, 0) is 0 Å². The minimum absolute atomic E-state index is 0.125. The van der Waals surface area contributed by atoms with Gasteiger partial charge in [-0.3, -0.25) is 0 Å². The molecule has 0 amide bonds. The molecule has 0 radical (unpaired) electrons. The smallest absolute Gasteiger partial charge is 0.251 e. The van der Waals surface area contributed by atoms with Crippen molar-refractivity contribution in [1.29, 1.82) is 0 Å². The summed E-state index contributed by atoms with van der Waals surface area (Å²) in [6.45, 7) is 0.251. The molecule has 19 heavy (non-hydrogen) atoms. The zero-order chi connectivity index (χ0) is 13.6. The van der Waals surface area contributed by atoms with Gasteiger partial charge in [0.1, 0.15) is 17.0 Å². The molecule has 0 spiro atoms. The zero-order valence-corrected chi connectivity index (χ0v) is 10.8. The van der Waals surface area contributed by atoms with Crippen molar-refractivity contribution in [2.45, 2.75) is 18.8 Å². The Morgan fingerprint density at radius 2 is 1.95 bits per heavy atom. The molecular formula is C12H12F3N3S. The van der Waals surface area contributed by atoms with E-state index in [0.717, 1.165) is 4.70 Å². The summed E-state index contributed by atoms with van der Waals surface area (Å²) in [5.41, 5.74) is 6.39. The summed E-state index contributed by atoms with van der Waals surface area (Å²) in [4.78, 5) is 5.75. The van der Waals surface area contributed by atoms with Gasteiger partial charge in [-0.15, -0.1) is 0 Å². The van der Waals surface area contributed by atoms with Crippen LogP contribution in [0, 0.1) is 5.82 Å². The fraction of sp³-hybridized carbons (Fsp3) is 0.417. The normalized spacial score (nSPS) is 19.0. The Hall–Kier alpha value is -1.50. The highest BCUT2D eigenvalue weighted by molar-refractivity contribution is 7.22. The Labute approximate surface area is 111 Å². The van der Waals surface area contributed by atoms with Crippen LogP contribution in [0.2, 0.25) is 0 Å². The Morgan fingerprint density at radius 1 is 1.26 bits per heavy atom. The SMILES string of the molecule is Nc1nc2c(N3CCC(F)(F)CC3)c(F)ccc2s1. The first-order valence-electron chi connectivity index (χ1n) is 5.93. The second-order valence-corrected chi connectivity index (χ2v) is 5.70. The van der Waals surface area contributed by atoms with E-state index in [-0.39, 0.29) is 25.9 Å². The average Bonchev–Trinajstić information content (AvgIpc) is 2.71. The Balaban J connectivity index is 2.02. The van der Waals surface area contributed by atoms with Crippen LogP contribution in [0.4, 0.5) is 24.0 Å². The van der Waals surface area contributed by atoms with E-state index in [9.17, 15) is 13.2 Å². The van der Waals surface area contributed by atoms with Gasteiger partial charge >= 0.3 is 0 Å². The number of aromatic nitrogens is 1. The van der Waals surface area contributed by atoms with Gasteiger partial charge in [-0.25, -0.2) is 18.2 Å². The zero-order valence-electron chi connectivity index (χ0n) is 10.00. The molecule has 0 bridgehead atoms. The van der Waals surface area contributed by atoms with Gasteiger partial charge in [0, 0.05) is 25.9 Å². The molecule has 3 rings (SSSR count). The van der Waals surface area contributed by atoms with E-state index in [1.165, 1.54) is 17.4 Å². The van der Waals surface area contributed by atoms with Crippen molar-refractivity contribution in [3.63, 3.8) is 0 Å². The van der Waals surface area contributed by atoms with Crippen LogP contribution in [-0.4, -0.2) is 24.0 Å². The number of hydrogen-bond acceptors (Lipinski definition) is 4. The standard InChI is InChI=1S/C12H12F3N3S/c13-7-1-2-8-9(17-11(16)19-8)10(7)18-5-3-12(14,15)4-6-18/h1-2H,3-6H2,(H2,16,17). The van der Waals surface area contributed by atoms with Crippen LogP contribution in [0.3, 0.4) is 0 Å². The number of fused-ring (bicyclic) bond motifs is 1. The van der Waals surface area contributed by atoms with Crippen molar-refractivity contribution in [2.75, 3.05) is 23.7 Å². The van der Waals surface area contributed by atoms with Gasteiger partial charge in [0.25, 0.3) is 5.92 Å². The summed E-state index contributed by atoms with van der Waals surface area (Å²) >= 11 is 1.26. The molecule has 1 aromatic heterocycles. The first-order valence-corrected chi connectivity index (χ1v) is 6.75. The molecule has 1 aliphatic heterocycles. The number of rotatable bonds is 1. The number of halogens is 3. The highest BCUT2D eigenvalue weighted by atomic mass is 32.1. The van der Waals surface area contributed by atoms with Gasteiger partial charge in [-0.1, -0.05) is 11.3 Å². The second kappa shape index (κ2) is 4.26. The topological polar surface area (TPSA) is 42.1 Å². The van der Waals surface area contributed by atoms with Crippen molar-refractivity contribution in [3.05, 3.63) is 17.9 Å². The fourth-order valence-electron chi connectivity index (χ4n) is 2.33. The number of anilines is 2. The third kappa shape index (κ3) is 2.22. The van der Waals surface area contributed by atoms with Gasteiger partial charge in [0.2, 0.25) is 0 Å². The minimum Gasteiger partial charge on any atom is -0.375 e. The van der Waals surface area contributed by atoms with E-state index in [1.807, 2.05) is 0 Å². The summed E-state index contributed by atoms with van der Waals surface area (Å²) in [5, 5.41) is 0.351. The molecule has 0 unspecified atom stereocenters. The van der Waals surface area contributed by atoms with Crippen LogP contribution >= 0.6 is 11.3 Å². The van der Waals surface area contributed by atoms with Crippen molar-refractivity contribution in [2.24, 2.45) is 0 Å². The Morgan fingerprint density at radius 3 is 2.63 bits per heavy atom. The van der Waals surface area contributed by atoms with Gasteiger partial charge in [-0.05, 0) is 12.1 Å². The number of thiazole rings is 1. The fourth-order valence-corrected chi connectivity index (χ4v) is 3.07. The van der Waals surface area contributed by atoms with Crippen molar-refractivity contribution < 1.29 is 13.2 Å². The highest BCUT2D eigenvalue weighted by Crippen LogP contribution is 2.37. The van der Waals surface area contributed by atoms with Crippen LogP contribution in [0.1, 0.15) is 12.8 Å². The molecule has 0 atom stereocenters. The molecule has 7 heteroatoms. The summed E-state index contributed by atoms with van der Waals surface area (Å²) in [6, 6.07) is 2.95. The Bertz CT molecular complexity index is 616. The monoisotopic (exact) mass is 287 g/mol. The first-order chi connectivity index (χ1) is 8.96. The van der Waals surface area contributed by atoms with Crippen LogP contribution in [0.25, 0.3) is 10.2 Å². The predicted molar refractivity (Wildman–Crippen MR) is 70.4 cm³/mol. The molecule has 1 saturated heterocycles. The summed E-state index contributed by atoms with van der Waals surface area (Å²) in [5.74, 6) is -3.09. The van der Waals surface area contributed by atoms with Crippen LogP contribution in [0.5, 0.6) is 0 Å². The lowest BCUT2D eigenvalue weighted by Gasteiger charge is -2.33. The van der Waals surface area contributed by atoms with Crippen LogP contribution in [0.15, 0.2) is 12.1 Å². The second-order valence-electron chi connectivity index (χ2n) is 4.64. The molecular weight excluding hydrogens is 275 g/mol. The van der Waals surface area contributed by atoms with E-state index in [1.54, 1.807) is 11.0 Å². The largest absolute Gasteiger partial charge is 0.375 e. The maximum absolute atomic E-state index is 14.0. The van der Waals surface area contributed by atoms with Gasteiger partial charge < -0.3 is 10.6 Å². The molecule has 2 aromatic rings. The number of nitrogens with two attached hydrogens (primary N) is 1. The third-order valence-corrected chi connectivity index (χ3v) is 4.16. The van der Waals surface area contributed by atoms with Crippen molar-refractivity contribution >= 4 is 32.4 Å².